The van der Waals surface area contributed by atoms with E-state index in [1.54, 1.807) is 0 Å². The normalized spacial score (nSPS) is 13.2. The molecule has 0 aromatic carbocycles. The van der Waals surface area contributed by atoms with Gasteiger partial charge in [0.05, 0.1) is 5.75 Å². The molecule has 1 aromatic heterocycles. The third-order valence-corrected chi connectivity index (χ3v) is 3.70. The smallest absolute Gasteiger partial charge is 0.228 e. The predicted molar refractivity (Wildman–Crippen MR) is 76.8 cm³/mol. The van der Waals surface area contributed by atoms with Gasteiger partial charge in [-0.25, -0.2) is 0 Å². The Morgan fingerprint density at radius 3 is 2.72 bits per heavy atom. The fraction of sp³-hybridized carbons (Fsp3) is 0.846. The second-order valence-electron chi connectivity index (χ2n) is 4.71. The quantitative estimate of drug-likeness (QED) is 0.748. The molecular formula is C13H25N3OS. The summed E-state index contributed by atoms with van der Waals surface area (Å²) in [6.45, 7) is 9.65. The summed E-state index contributed by atoms with van der Waals surface area (Å²) in [4.78, 5) is 4.45. The van der Waals surface area contributed by atoms with Crippen molar-refractivity contribution in [3.8, 4) is 0 Å². The van der Waals surface area contributed by atoms with E-state index in [1.807, 2.05) is 11.8 Å². The van der Waals surface area contributed by atoms with Crippen molar-refractivity contribution in [3.05, 3.63) is 11.7 Å². The van der Waals surface area contributed by atoms with E-state index in [0.717, 1.165) is 36.9 Å². The van der Waals surface area contributed by atoms with Crippen LogP contribution in [-0.4, -0.2) is 28.0 Å². The molecule has 0 radical (unpaired) electrons. The molecule has 0 saturated carbocycles. The molecule has 104 valence electrons. The fourth-order valence-corrected chi connectivity index (χ4v) is 2.40. The largest absolute Gasteiger partial charge is 0.339 e. The number of likely N-dealkylation sites (N-methyl/N-ethyl adjacent to an activating group) is 1. The fourth-order valence-electron chi connectivity index (χ4n) is 1.80. The third-order valence-electron chi connectivity index (χ3n) is 2.61. The maximum atomic E-state index is 5.31. The number of hydrogen-bond donors (Lipinski definition) is 1. The highest BCUT2D eigenvalue weighted by molar-refractivity contribution is 7.99. The van der Waals surface area contributed by atoms with Crippen molar-refractivity contribution in [1.29, 1.82) is 0 Å². The average molecular weight is 271 g/mol. The van der Waals surface area contributed by atoms with Crippen molar-refractivity contribution in [2.24, 2.45) is 0 Å². The van der Waals surface area contributed by atoms with E-state index in [4.69, 9.17) is 4.52 Å². The highest BCUT2D eigenvalue weighted by Gasteiger charge is 2.13. The first kappa shape index (κ1) is 15.5. The Kier molecular flexibility index (Phi) is 7.35. The number of aromatic nitrogens is 2. The number of thioether (sulfide) groups is 1. The minimum absolute atomic E-state index is 0.450. The van der Waals surface area contributed by atoms with Gasteiger partial charge in [-0.3, -0.25) is 0 Å². The van der Waals surface area contributed by atoms with Crippen LogP contribution in [0.25, 0.3) is 0 Å². The Morgan fingerprint density at radius 1 is 1.33 bits per heavy atom. The summed E-state index contributed by atoms with van der Waals surface area (Å²) in [7, 11) is 0. The summed E-state index contributed by atoms with van der Waals surface area (Å²) < 4.78 is 5.31. The van der Waals surface area contributed by atoms with Crippen LogP contribution in [0.2, 0.25) is 0 Å². The zero-order chi connectivity index (χ0) is 13.4. The lowest BCUT2D eigenvalue weighted by atomic mass is 10.1. The van der Waals surface area contributed by atoms with Crippen molar-refractivity contribution in [1.82, 2.24) is 15.5 Å². The van der Waals surface area contributed by atoms with Crippen LogP contribution in [-0.2, 0) is 12.2 Å². The van der Waals surface area contributed by atoms with Crippen molar-refractivity contribution in [3.63, 3.8) is 0 Å². The van der Waals surface area contributed by atoms with E-state index >= 15 is 0 Å². The SMILES string of the molecule is CCCC(Cc1nc(CSC(C)C)no1)NCC. The number of nitrogens with one attached hydrogen (secondary N) is 1. The van der Waals surface area contributed by atoms with Gasteiger partial charge in [0.2, 0.25) is 5.89 Å². The van der Waals surface area contributed by atoms with Gasteiger partial charge in [-0.2, -0.15) is 16.7 Å². The van der Waals surface area contributed by atoms with Gasteiger partial charge < -0.3 is 9.84 Å². The molecule has 1 rings (SSSR count). The standard InChI is InChI=1S/C13H25N3OS/c1-5-7-11(14-6-2)8-13-15-12(16-17-13)9-18-10(3)4/h10-11,14H,5-9H2,1-4H3. The Balaban J connectivity index is 2.45. The van der Waals surface area contributed by atoms with Crippen LogP contribution >= 0.6 is 11.8 Å². The van der Waals surface area contributed by atoms with Crippen molar-refractivity contribution in [2.75, 3.05) is 6.54 Å². The van der Waals surface area contributed by atoms with Crippen LogP contribution in [0.15, 0.2) is 4.52 Å². The van der Waals surface area contributed by atoms with Gasteiger partial charge in [0, 0.05) is 12.5 Å². The van der Waals surface area contributed by atoms with Crippen LogP contribution < -0.4 is 5.32 Å². The number of rotatable bonds is 9. The first-order chi connectivity index (χ1) is 8.65. The summed E-state index contributed by atoms with van der Waals surface area (Å²) >= 11 is 1.84. The zero-order valence-electron chi connectivity index (χ0n) is 11.9. The Bertz CT molecular complexity index is 322. The van der Waals surface area contributed by atoms with Crippen molar-refractivity contribution in [2.45, 2.75) is 64.0 Å². The molecule has 0 aliphatic heterocycles. The molecule has 4 nitrogen and oxygen atoms in total. The second-order valence-corrected chi connectivity index (χ2v) is 6.28. The van der Waals surface area contributed by atoms with Gasteiger partial charge in [-0.15, -0.1) is 0 Å². The van der Waals surface area contributed by atoms with Gasteiger partial charge in [0.25, 0.3) is 0 Å². The molecule has 0 amide bonds. The minimum Gasteiger partial charge on any atom is -0.339 e. The van der Waals surface area contributed by atoms with Gasteiger partial charge in [-0.05, 0) is 18.2 Å². The van der Waals surface area contributed by atoms with Crippen LogP contribution in [0.3, 0.4) is 0 Å². The highest BCUT2D eigenvalue weighted by Crippen LogP contribution is 2.15. The van der Waals surface area contributed by atoms with Crippen LogP contribution in [0.5, 0.6) is 0 Å². The molecule has 1 atom stereocenters. The molecule has 1 heterocycles. The Morgan fingerprint density at radius 2 is 2.11 bits per heavy atom. The topological polar surface area (TPSA) is 51.0 Å². The van der Waals surface area contributed by atoms with E-state index in [1.165, 1.54) is 6.42 Å². The number of hydrogen-bond acceptors (Lipinski definition) is 5. The van der Waals surface area contributed by atoms with E-state index in [0.29, 0.717) is 11.3 Å². The van der Waals surface area contributed by atoms with Crippen molar-refractivity contribution < 1.29 is 4.52 Å². The van der Waals surface area contributed by atoms with Crippen LogP contribution in [0.1, 0.15) is 52.3 Å². The van der Waals surface area contributed by atoms with E-state index < -0.39 is 0 Å². The molecule has 18 heavy (non-hydrogen) atoms. The van der Waals surface area contributed by atoms with E-state index in [9.17, 15) is 0 Å². The van der Waals surface area contributed by atoms with Crippen LogP contribution in [0.4, 0.5) is 0 Å². The summed E-state index contributed by atoms with van der Waals surface area (Å²) in [5.74, 6) is 2.41. The van der Waals surface area contributed by atoms with Gasteiger partial charge >= 0.3 is 0 Å². The molecule has 0 fully saturated rings. The van der Waals surface area contributed by atoms with Gasteiger partial charge in [0.1, 0.15) is 0 Å². The first-order valence-electron chi connectivity index (χ1n) is 6.82. The first-order valence-corrected chi connectivity index (χ1v) is 7.87. The summed E-state index contributed by atoms with van der Waals surface area (Å²) in [6.07, 6.45) is 3.15. The van der Waals surface area contributed by atoms with Gasteiger partial charge in [-0.1, -0.05) is 39.3 Å². The van der Waals surface area contributed by atoms with Crippen molar-refractivity contribution >= 4 is 11.8 Å². The molecule has 1 unspecified atom stereocenters. The second kappa shape index (κ2) is 8.53. The lowest BCUT2D eigenvalue weighted by Crippen LogP contribution is -2.30. The zero-order valence-corrected chi connectivity index (χ0v) is 12.7. The molecule has 1 aromatic rings. The highest BCUT2D eigenvalue weighted by atomic mass is 32.2. The van der Waals surface area contributed by atoms with Crippen LogP contribution in [0, 0.1) is 0 Å². The van der Waals surface area contributed by atoms with E-state index in [2.05, 4.69) is 43.2 Å². The molecule has 5 heteroatoms. The summed E-state index contributed by atoms with van der Waals surface area (Å²) in [5, 5.41) is 8.08. The third kappa shape index (κ3) is 5.87. The monoisotopic (exact) mass is 271 g/mol. The lowest BCUT2D eigenvalue weighted by Gasteiger charge is -2.14. The molecule has 0 saturated heterocycles. The Labute approximate surface area is 114 Å². The van der Waals surface area contributed by atoms with E-state index in [-0.39, 0.29) is 0 Å². The lowest BCUT2D eigenvalue weighted by molar-refractivity contribution is 0.349. The maximum Gasteiger partial charge on any atom is 0.228 e. The molecule has 0 spiro atoms. The predicted octanol–water partition coefficient (Wildman–Crippen LogP) is 3.03. The summed E-state index contributed by atoms with van der Waals surface area (Å²) in [6, 6.07) is 0.450. The molecule has 0 aliphatic rings. The molecule has 1 N–H and O–H groups in total. The molecule has 0 aliphatic carbocycles. The molecular weight excluding hydrogens is 246 g/mol. The Hall–Kier alpha value is -0.550. The van der Waals surface area contributed by atoms with Gasteiger partial charge in [0.15, 0.2) is 5.82 Å². The number of nitrogens with zero attached hydrogens (tertiary/aromatic N) is 2. The average Bonchev–Trinajstić information content (AvgIpc) is 2.75. The summed E-state index contributed by atoms with van der Waals surface area (Å²) in [5.41, 5.74) is 0. The minimum atomic E-state index is 0.450. The maximum absolute atomic E-state index is 5.31. The molecule has 0 bridgehead atoms.